The highest BCUT2D eigenvalue weighted by Gasteiger charge is 2.09. The molecule has 0 aliphatic rings. The van der Waals surface area contributed by atoms with E-state index in [4.69, 9.17) is 17.3 Å². The van der Waals surface area contributed by atoms with Crippen LogP contribution in [0.25, 0.3) is 10.1 Å². The summed E-state index contributed by atoms with van der Waals surface area (Å²) in [4.78, 5) is 0. The van der Waals surface area contributed by atoms with E-state index in [-0.39, 0.29) is 0 Å². The van der Waals surface area contributed by atoms with Crippen molar-refractivity contribution in [3.63, 3.8) is 0 Å². The molecule has 2 rings (SSSR count). The summed E-state index contributed by atoms with van der Waals surface area (Å²) in [6.07, 6.45) is 1.04. The summed E-state index contributed by atoms with van der Waals surface area (Å²) in [6.45, 7) is 2.16. The van der Waals surface area contributed by atoms with E-state index in [1.165, 1.54) is 15.6 Å². The van der Waals surface area contributed by atoms with Crippen molar-refractivity contribution in [3.8, 4) is 0 Å². The van der Waals surface area contributed by atoms with Gasteiger partial charge in [-0.25, -0.2) is 0 Å². The Morgan fingerprint density at radius 1 is 1.43 bits per heavy atom. The van der Waals surface area contributed by atoms with Crippen LogP contribution in [0, 0.1) is 0 Å². The Morgan fingerprint density at radius 3 is 2.86 bits per heavy atom. The van der Waals surface area contributed by atoms with Gasteiger partial charge in [-0.1, -0.05) is 6.92 Å². The molecule has 0 saturated heterocycles. The van der Waals surface area contributed by atoms with Gasteiger partial charge in [-0.2, -0.15) is 0 Å². The monoisotopic (exact) mass is 225 g/mol. The molecule has 0 unspecified atom stereocenters. The van der Waals surface area contributed by atoms with Gasteiger partial charge in [-0.05, 0) is 35.1 Å². The zero-order valence-corrected chi connectivity index (χ0v) is 9.58. The molecule has 0 atom stereocenters. The van der Waals surface area contributed by atoms with Crippen LogP contribution in [0.15, 0.2) is 17.5 Å². The predicted octanol–water partition coefficient (Wildman–Crippen LogP) is 3.78. The van der Waals surface area contributed by atoms with Crippen molar-refractivity contribution in [2.75, 3.05) is 5.73 Å². The molecular weight excluding hydrogens is 214 g/mol. The van der Waals surface area contributed by atoms with Crippen LogP contribution in [-0.2, 0) is 12.3 Å². The molecule has 0 aliphatic heterocycles. The van der Waals surface area contributed by atoms with Gasteiger partial charge in [0.1, 0.15) is 0 Å². The van der Waals surface area contributed by atoms with Crippen molar-refractivity contribution in [2.24, 2.45) is 0 Å². The highest BCUT2D eigenvalue weighted by Crippen LogP contribution is 2.33. The maximum atomic E-state index is 5.92. The van der Waals surface area contributed by atoms with E-state index in [0.717, 1.165) is 17.7 Å². The fraction of sp³-hybridized carbons (Fsp3) is 0.273. The first-order valence-corrected chi connectivity index (χ1v) is 6.02. The van der Waals surface area contributed by atoms with Gasteiger partial charge in [0, 0.05) is 15.8 Å². The average molecular weight is 226 g/mol. The van der Waals surface area contributed by atoms with Crippen molar-refractivity contribution in [1.29, 1.82) is 0 Å². The lowest BCUT2D eigenvalue weighted by molar-refractivity contribution is 1.17. The molecule has 0 radical (unpaired) electrons. The van der Waals surface area contributed by atoms with Crippen molar-refractivity contribution in [2.45, 2.75) is 19.2 Å². The number of nitrogen functional groups attached to an aromatic ring is 1. The van der Waals surface area contributed by atoms with Crippen LogP contribution < -0.4 is 5.73 Å². The molecule has 0 amide bonds. The van der Waals surface area contributed by atoms with E-state index in [1.807, 2.05) is 6.07 Å². The Hall–Kier alpha value is -0.730. The van der Waals surface area contributed by atoms with E-state index >= 15 is 0 Å². The fourth-order valence-corrected chi connectivity index (χ4v) is 3.05. The molecule has 2 aromatic rings. The molecule has 1 aromatic heterocycles. The number of fused-ring (bicyclic) bond motifs is 1. The predicted molar refractivity (Wildman–Crippen MR) is 65.2 cm³/mol. The second kappa shape index (κ2) is 3.79. The second-order valence-corrected chi connectivity index (χ2v) is 4.43. The number of rotatable bonds is 2. The number of thiophene rings is 1. The maximum Gasteiger partial charge on any atom is 0.0501 e. The number of hydrogen-bond donors (Lipinski definition) is 1. The number of nitrogens with two attached hydrogens (primary N) is 1. The second-order valence-electron chi connectivity index (χ2n) is 3.25. The Labute approximate surface area is 92.5 Å². The summed E-state index contributed by atoms with van der Waals surface area (Å²) >= 11 is 7.68. The minimum atomic E-state index is 0.493. The lowest BCUT2D eigenvalue weighted by atomic mass is 10.0. The van der Waals surface area contributed by atoms with Crippen LogP contribution in [0.4, 0.5) is 5.69 Å². The largest absolute Gasteiger partial charge is 0.398 e. The topological polar surface area (TPSA) is 26.0 Å². The van der Waals surface area contributed by atoms with E-state index in [0.29, 0.717) is 5.88 Å². The first-order chi connectivity index (χ1) is 6.77. The van der Waals surface area contributed by atoms with Gasteiger partial charge in [-0.3, -0.25) is 0 Å². The SMILES string of the molecule is CCc1csc2ccc(N)c(CCl)c12. The van der Waals surface area contributed by atoms with Crippen molar-refractivity contribution in [1.82, 2.24) is 0 Å². The molecule has 0 spiro atoms. The molecule has 1 nitrogen and oxygen atoms in total. The van der Waals surface area contributed by atoms with E-state index in [1.54, 1.807) is 11.3 Å². The van der Waals surface area contributed by atoms with E-state index < -0.39 is 0 Å². The van der Waals surface area contributed by atoms with E-state index in [9.17, 15) is 0 Å². The minimum Gasteiger partial charge on any atom is -0.398 e. The third-order valence-corrected chi connectivity index (χ3v) is 3.74. The highest BCUT2D eigenvalue weighted by atomic mass is 35.5. The third-order valence-electron chi connectivity index (χ3n) is 2.47. The van der Waals surface area contributed by atoms with Crippen molar-refractivity contribution < 1.29 is 0 Å². The summed E-state index contributed by atoms with van der Waals surface area (Å²) < 4.78 is 1.28. The average Bonchev–Trinajstić information content (AvgIpc) is 2.61. The van der Waals surface area contributed by atoms with Crippen LogP contribution in [0.5, 0.6) is 0 Å². The molecule has 0 bridgehead atoms. The zero-order valence-electron chi connectivity index (χ0n) is 8.01. The number of alkyl halides is 1. The minimum absolute atomic E-state index is 0.493. The standard InChI is InChI=1S/C11H12ClNS/c1-2-7-6-14-10-4-3-9(13)8(5-12)11(7)10/h3-4,6H,2,5,13H2,1H3. The molecule has 1 heterocycles. The van der Waals surface area contributed by atoms with Crippen LogP contribution in [0.1, 0.15) is 18.1 Å². The third kappa shape index (κ3) is 1.39. The molecule has 2 N–H and O–H groups in total. The van der Waals surface area contributed by atoms with Gasteiger partial charge in [0.15, 0.2) is 0 Å². The van der Waals surface area contributed by atoms with Crippen LogP contribution in [0.2, 0.25) is 0 Å². The maximum absolute atomic E-state index is 5.92. The van der Waals surface area contributed by atoms with Crippen molar-refractivity contribution >= 4 is 38.7 Å². The Balaban J connectivity index is 2.81. The van der Waals surface area contributed by atoms with Crippen molar-refractivity contribution in [3.05, 3.63) is 28.6 Å². The van der Waals surface area contributed by atoms with Crippen LogP contribution in [-0.4, -0.2) is 0 Å². The zero-order chi connectivity index (χ0) is 10.1. The summed E-state index contributed by atoms with van der Waals surface area (Å²) in [5, 5.41) is 3.47. The molecule has 14 heavy (non-hydrogen) atoms. The molecule has 3 heteroatoms. The molecule has 0 saturated carbocycles. The smallest absolute Gasteiger partial charge is 0.0501 e. The summed E-state index contributed by atoms with van der Waals surface area (Å²) in [5.41, 5.74) is 9.15. The molecule has 0 aliphatic carbocycles. The molecule has 0 fully saturated rings. The van der Waals surface area contributed by atoms with Gasteiger partial charge < -0.3 is 5.73 Å². The molecular formula is C11H12ClNS. The summed E-state index contributed by atoms with van der Waals surface area (Å²) in [6, 6.07) is 4.01. The van der Waals surface area contributed by atoms with Gasteiger partial charge >= 0.3 is 0 Å². The highest BCUT2D eigenvalue weighted by molar-refractivity contribution is 7.17. The summed E-state index contributed by atoms with van der Waals surface area (Å²) in [5.74, 6) is 0.493. The Bertz CT molecular complexity index is 462. The van der Waals surface area contributed by atoms with Gasteiger partial charge in [0.2, 0.25) is 0 Å². The first-order valence-electron chi connectivity index (χ1n) is 4.61. The lowest BCUT2D eigenvalue weighted by Gasteiger charge is -2.05. The fourth-order valence-electron chi connectivity index (χ4n) is 1.69. The lowest BCUT2D eigenvalue weighted by Crippen LogP contribution is -1.93. The summed E-state index contributed by atoms with van der Waals surface area (Å²) in [7, 11) is 0. The first kappa shape index (κ1) is 9.81. The van der Waals surface area contributed by atoms with E-state index in [2.05, 4.69) is 18.4 Å². The number of hydrogen-bond acceptors (Lipinski definition) is 2. The van der Waals surface area contributed by atoms with Crippen LogP contribution in [0.3, 0.4) is 0 Å². The normalized spacial score (nSPS) is 11.0. The number of aryl methyl sites for hydroxylation is 1. The van der Waals surface area contributed by atoms with Gasteiger partial charge in [-0.15, -0.1) is 22.9 Å². The van der Waals surface area contributed by atoms with Gasteiger partial charge in [0.25, 0.3) is 0 Å². The number of halogens is 1. The van der Waals surface area contributed by atoms with Crippen LogP contribution >= 0.6 is 22.9 Å². The Kier molecular flexibility index (Phi) is 2.66. The van der Waals surface area contributed by atoms with Gasteiger partial charge in [0.05, 0.1) is 5.88 Å². The molecule has 1 aromatic carbocycles. The quantitative estimate of drug-likeness (QED) is 0.611. The number of benzene rings is 1. The molecule has 74 valence electrons. The Morgan fingerprint density at radius 2 is 2.21 bits per heavy atom. The number of anilines is 1.